The van der Waals surface area contributed by atoms with Crippen molar-refractivity contribution in [2.45, 2.75) is 39.3 Å². The van der Waals surface area contributed by atoms with Crippen molar-refractivity contribution in [3.05, 3.63) is 11.9 Å². The maximum Gasteiger partial charge on any atom is 0.325 e. The van der Waals surface area contributed by atoms with Crippen LogP contribution in [0.5, 0.6) is 0 Å². The lowest BCUT2D eigenvalue weighted by molar-refractivity contribution is -0.138. The van der Waals surface area contributed by atoms with Crippen LogP contribution in [-0.2, 0) is 22.7 Å². The molecule has 1 aromatic heterocycles. The zero-order valence-electron chi connectivity index (χ0n) is 9.72. The first kappa shape index (κ1) is 13.1. The van der Waals surface area contributed by atoms with Crippen LogP contribution in [0.4, 0.5) is 0 Å². The van der Waals surface area contributed by atoms with E-state index in [-0.39, 0.29) is 19.0 Å². The quantitative estimate of drug-likeness (QED) is 0.708. The Balaban J connectivity index is 2.34. The van der Waals surface area contributed by atoms with Gasteiger partial charge >= 0.3 is 5.97 Å². The van der Waals surface area contributed by atoms with Gasteiger partial charge in [0, 0.05) is 6.42 Å². The number of amides is 1. The Kier molecular flexibility index (Phi) is 5.12. The van der Waals surface area contributed by atoms with Gasteiger partial charge in [-0.25, -0.2) is 4.68 Å². The maximum absolute atomic E-state index is 11.3. The predicted octanol–water partition coefficient (Wildman–Crippen LogP) is 0.169. The number of carbonyl (C=O) groups is 2. The summed E-state index contributed by atoms with van der Waals surface area (Å²) in [5.41, 5.74) is 0.552. The number of nitrogens with one attached hydrogen (secondary N) is 1. The van der Waals surface area contributed by atoms with E-state index in [0.29, 0.717) is 12.1 Å². The molecule has 0 saturated heterocycles. The second kappa shape index (κ2) is 6.62. The summed E-state index contributed by atoms with van der Waals surface area (Å²) in [5.74, 6) is -1.01. The van der Waals surface area contributed by atoms with Crippen molar-refractivity contribution in [2.24, 2.45) is 0 Å². The zero-order chi connectivity index (χ0) is 12.7. The van der Waals surface area contributed by atoms with Gasteiger partial charge in [0.1, 0.15) is 12.2 Å². The molecule has 1 aromatic rings. The van der Waals surface area contributed by atoms with Crippen molar-refractivity contribution in [3.8, 4) is 0 Å². The number of aromatic nitrogens is 3. The summed E-state index contributed by atoms with van der Waals surface area (Å²) in [6, 6.07) is 0. The highest BCUT2D eigenvalue weighted by Gasteiger charge is 2.05. The fraction of sp³-hybridized carbons (Fsp3) is 0.600. The topological polar surface area (TPSA) is 97.1 Å². The molecule has 0 aliphatic carbocycles. The fourth-order valence-electron chi connectivity index (χ4n) is 1.25. The lowest BCUT2D eigenvalue weighted by Gasteiger charge is -2.01. The molecule has 0 aliphatic heterocycles. The number of carboxylic acids is 1. The van der Waals surface area contributed by atoms with Gasteiger partial charge in [-0.1, -0.05) is 18.6 Å². The molecule has 17 heavy (non-hydrogen) atoms. The van der Waals surface area contributed by atoms with Gasteiger partial charge in [-0.15, -0.1) is 5.10 Å². The number of aliphatic carboxylic acids is 1. The van der Waals surface area contributed by atoms with E-state index in [1.165, 1.54) is 10.9 Å². The molecule has 0 spiro atoms. The lowest BCUT2D eigenvalue weighted by atomic mass is 10.2. The Morgan fingerprint density at radius 1 is 1.53 bits per heavy atom. The van der Waals surface area contributed by atoms with Crippen LogP contribution in [0.15, 0.2) is 6.20 Å². The van der Waals surface area contributed by atoms with E-state index in [0.717, 1.165) is 12.8 Å². The van der Waals surface area contributed by atoms with Crippen molar-refractivity contribution in [1.82, 2.24) is 20.3 Å². The third-order valence-electron chi connectivity index (χ3n) is 2.11. The highest BCUT2D eigenvalue weighted by molar-refractivity contribution is 5.75. The predicted molar refractivity (Wildman–Crippen MR) is 59.0 cm³/mol. The van der Waals surface area contributed by atoms with Crippen LogP contribution in [0.2, 0.25) is 0 Å². The van der Waals surface area contributed by atoms with Gasteiger partial charge in [0.15, 0.2) is 0 Å². The minimum Gasteiger partial charge on any atom is -0.480 e. The molecule has 0 atom stereocenters. The highest BCUT2D eigenvalue weighted by atomic mass is 16.4. The molecule has 0 radical (unpaired) electrons. The molecule has 0 aliphatic rings. The molecule has 0 saturated carbocycles. The Hall–Kier alpha value is -1.92. The minimum atomic E-state index is -0.978. The smallest absolute Gasteiger partial charge is 0.325 e. The van der Waals surface area contributed by atoms with Gasteiger partial charge in [0.25, 0.3) is 0 Å². The molecular formula is C10H16N4O3. The second-order valence-electron chi connectivity index (χ2n) is 3.68. The van der Waals surface area contributed by atoms with E-state index in [4.69, 9.17) is 5.11 Å². The van der Waals surface area contributed by atoms with Crippen LogP contribution >= 0.6 is 0 Å². The highest BCUT2D eigenvalue weighted by Crippen LogP contribution is 1.96. The van der Waals surface area contributed by atoms with Gasteiger partial charge in [-0.2, -0.15) is 0 Å². The van der Waals surface area contributed by atoms with E-state index in [2.05, 4.69) is 15.6 Å². The van der Waals surface area contributed by atoms with Crippen LogP contribution < -0.4 is 5.32 Å². The maximum atomic E-state index is 11.3. The number of nitrogens with zero attached hydrogens (tertiary/aromatic N) is 3. The van der Waals surface area contributed by atoms with Gasteiger partial charge in [0.05, 0.1) is 12.7 Å². The molecule has 94 valence electrons. The molecule has 0 aromatic carbocycles. The minimum absolute atomic E-state index is 0.0281. The molecule has 0 bridgehead atoms. The summed E-state index contributed by atoms with van der Waals surface area (Å²) in [6.07, 6.45) is 3.84. The number of hydrogen-bond donors (Lipinski definition) is 2. The van der Waals surface area contributed by atoms with Crippen molar-refractivity contribution in [2.75, 3.05) is 0 Å². The molecule has 7 heteroatoms. The average Bonchev–Trinajstić information content (AvgIpc) is 2.70. The van der Waals surface area contributed by atoms with E-state index in [1.807, 2.05) is 6.92 Å². The zero-order valence-corrected chi connectivity index (χ0v) is 9.72. The second-order valence-corrected chi connectivity index (χ2v) is 3.68. The van der Waals surface area contributed by atoms with Crippen molar-refractivity contribution in [1.29, 1.82) is 0 Å². The lowest BCUT2D eigenvalue weighted by Crippen LogP contribution is -2.22. The molecule has 0 unspecified atom stereocenters. The number of hydrogen-bond acceptors (Lipinski definition) is 4. The molecule has 2 N–H and O–H groups in total. The Bertz CT molecular complexity index is 389. The largest absolute Gasteiger partial charge is 0.480 e. The summed E-state index contributed by atoms with van der Waals surface area (Å²) in [7, 11) is 0. The van der Waals surface area contributed by atoms with Crippen molar-refractivity contribution in [3.63, 3.8) is 0 Å². The Morgan fingerprint density at radius 2 is 2.29 bits per heavy atom. The Morgan fingerprint density at radius 3 is 2.94 bits per heavy atom. The van der Waals surface area contributed by atoms with Gasteiger partial charge in [-0.05, 0) is 6.42 Å². The normalized spacial score (nSPS) is 10.2. The monoisotopic (exact) mass is 240 g/mol. The number of carboxylic acid groups (broad SMARTS) is 1. The number of carbonyl (C=O) groups excluding carboxylic acids is 1. The van der Waals surface area contributed by atoms with Gasteiger partial charge in [-0.3, -0.25) is 9.59 Å². The van der Waals surface area contributed by atoms with E-state index in [9.17, 15) is 9.59 Å². The van der Waals surface area contributed by atoms with E-state index < -0.39 is 5.97 Å². The summed E-state index contributed by atoms with van der Waals surface area (Å²) < 4.78 is 1.22. The first-order valence-electron chi connectivity index (χ1n) is 5.49. The first-order chi connectivity index (χ1) is 8.11. The standard InChI is InChI=1S/C10H16N4O3/c1-2-3-4-9(15)11-5-8-6-14(13-12-8)7-10(16)17/h6H,2-5,7H2,1H3,(H,11,15)(H,16,17). The molecule has 0 fully saturated rings. The Labute approximate surface area is 98.8 Å². The van der Waals surface area contributed by atoms with Crippen molar-refractivity contribution < 1.29 is 14.7 Å². The van der Waals surface area contributed by atoms with Crippen LogP contribution in [0.1, 0.15) is 31.9 Å². The molecule has 1 amide bonds. The molecule has 7 nitrogen and oxygen atoms in total. The summed E-state index contributed by atoms with van der Waals surface area (Å²) in [6.45, 7) is 2.07. The van der Waals surface area contributed by atoms with Crippen molar-refractivity contribution >= 4 is 11.9 Å². The number of rotatable bonds is 7. The summed E-state index contributed by atoms with van der Waals surface area (Å²) in [5, 5.41) is 18.6. The van der Waals surface area contributed by atoms with Crippen LogP contribution in [0.25, 0.3) is 0 Å². The average molecular weight is 240 g/mol. The third-order valence-corrected chi connectivity index (χ3v) is 2.11. The van der Waals surface area contributed by atoms with Gasteiger partial charge in [0.2, 0.25) is 5.91 Å². The van der Waals surface area contributed by atoms with E-state index in [1.54, 1.807) is 0 Å². The van der Waals surface area contributed by atoms with Crippen LogP contribution in [0, 0.1) is 0 Å². The fourth-order valence-corrected chi connectivity index (χ4v) is 1.25. The summed E-state index contributed by atoms with van der Waals surface area (Å²) in [4.78, 5) is 21.7. The van der Waals surface area contributed by atoms with Crippen LogP contribution in [0.3, 0.4) is 0 Å². The molecular weight excluding hydrogens is 224 g/mol. The third kappa shape index (κ3) is 5.10. The molecule has 1 rings (SSSR count). The van der Waals surface area contributed by atoms with Gasteiger partial charge < -0.3 is 10.4 Å². The SMILES string of the molecule is CCCCC(=O)NCc1cn(CC(=O)O)nn1. The molecule has 1 heterocycles. The summed E-state index contributed by atoms with van der Waals surface area (Å²) >= 11 is 0. The van der Waals surface area contributed by atoms with E-state index >= 15 is 0 Å². The first-order valence-corrected chi connectivity index (χ1v) is 5.49. The van der Waals surface area contributed by atoms with Crippen LogP contribution in [-0.4, -0.2) is 32.0 Å². The number of unbranched alkanes of at least 4 members (excludes halogenated alkanes) is 1.